The smallest absolute Gasteiger partial charge is 0.246 e. The van der Waals surface area contributed by atoms with Crippen LogP contribution in [0.1, 0.15) is 18.9 Å². The van der Waals surface area contributed by atoms with Crippen LogP contribution in [-0.4, -0.2) is 45.6 Å². The van der Waals surface area contributed by atoms with Crippen molar-refractivity contribution in [3.63, 3.8) is 0 Å². The molecule has 2 aromatic heterocycles. The van der Waals surface area contributed by atoms with Gasteiger partial charge in [0.1, 0.15) is 34.2 Å². The molecule has 2 N–H and O–H groups in total. The van der Waals surface area contributed by atoms with E-state index < -0.39 is 44.2 Å². The van der Waals surface area contributed by atoms with Gasteiger partial charge in [0, 0.05) is 24.7 Å². The largest absolute Gasteiger partial charge is 0.457 e. The van der Waals surface area contributed by atoms with Crippen LogP contribution in [-0.2, 0) is 10.0 Å². The molecule has 9 nitrogen and oxygen atoms in total. The van der Waals surface area contributed by atoms with Crippen LogP contribution < -0.4 is 10.5 Å². The van der Waals surface area contributed by atoms with Gasteiger partial charge in [-0.1, -0.05) is 18.2 Å². The summed E-state index contributed by atoms with van der Waals surface area (Å²) in [4.78, 5) is 7.15. The van der Waals surface area contributed by atoms with Crippen LogP contribution >= 0.6 is 0 Å². The van der Waals surface area contributed by atoms with E-state index >= 15 is 0 Å². The molecule has 3 heterocycles. The molecule has 1 saturated heterocycles. The number of nitrogens with zero attached hydrogens (tertiary/aromatic N) is 5. The van der Waals surface area contributed by atoms with Crippen molar-refractivity contribution in [1.82, 2.24) is 24.1 Å². The first-order valence-corrected chi connectivity index (χ1v) is 14.2. The molecule has 0 bridgehead atoms. The van der Waals surface area contributed by atoms with Gasteiger partial charge in [-0.2, -0.15) is 9.40 Å². The number of ether oxygens (including phenoxy) is 1. The van der Waals surface area contributed by atoms with Gasteiger partial charge in [0.25, 0.3) is 0 Å². The number of halogens is 4. The molecule has 1 aliphatic heterocycles. The maximum absolute atomic E-state index is 14.5. The molecule has 3 aromatic carbocycles. The SMILES string of the molecule is Nc1ncnc2c1c(-c1ccc(Oc3ccccc3)cc1)nn2[C@@H]1CCCN(S(=O)(=O)c2cc(F)c(F)c(F)c2F)C1. The second kappa shape index (κ2) is 10.7. The van der Waals surface area contributed by atoms with Gasteiger partial charge in [0.05, 0.1) is 11.4 Å². The van der Waals surface area contributed by atoms with Crippen LogP contribution in [0.5, 0.6) is 11.5 Å². The number of aromatic nitrogens is 4. The third kappa shape index (κ3) is 4.81. The van der Waals surface area contributed by atoms with E-state index in [-0.39, 0.29) is 25.0 Å². The molecular weight excluding hydrogens is 576 g/mol. The van der Waals surface area contributed by atoms with Crippen LogP contribution in [0.15, 0.2) is 71.9 Å². The first-order valence-electron chi connectivity index (χ1n) is 12.8. The van der Waals surface area contributed by atoms with Gasteiger partial charge >= 0.3 is 0 Å². The number of sulfonamides is 1. The molecule has 0 saturated carbocycles. The number of hydrogen-bond donors (Lipinski definition) is 1. The summed E-state index contributed by atoms with van der Waals surface area (Å²) in [7, 11) is -4.73. The molecule has 0 aliphatic carbocycles. The Morgan fingerprint density at radius 2 is 1.62 bits per heavy atom. The van der Waals surface area contributed by atoms with Gasteiger partial charge in [0.15, 0.2) is 28.9 Å². The number of nitrogen functional groups attached to an aromatic ring is 1. The van der Waals surface area contributed by atoms with E-state index in [9.17, 15) is 26.0 Å². The summed E-state index contributed by atoms with van der Waals surface area (Å²) in [5, 5.41) is 5.18. The van der Waals surface area contributed by atoms with Crippen LogP contribution in [0.3, 0.4) is 0 Å². The van der Waals surface area contributed by atoms with Crippen molar-refractivity contribution in [2.45, 2.75) is 23.8 Å². The van der Waals surface area contributed by atoms with Crippen molar-refractivity contribution in [3.05, 3.63) is 90.3 Å². The summed E-state index contributed by atoms with van der Waals surface area (Å²) >= 11 is 0. The average Bonchev–Trinajstić information content (AvgIpc) is 3.40. The quantitative estimate of drug-likeness (QED) is 0.157. The molecule has 0 radical (unpaired) electrons. The average molecular weight is 599 g/mol. The van der Waals surface area contributed by atoms with Crippen molar-refractivity contribution in [3.8, 4) is 22.8 Å². The third-order valence-electron chi connectivity index (χ3n) is 7.02. The van der Waals surface area contributed by atoms with Gasteiger partial charge in [0.2, 0.25) is 10.0 Å². The molecule has 14 heteroatoms. The lowest BCUT2D eigenvalue weighted by Gasteiger charge is -2.32. The molecule has 0 unspecified atom stereocenters. The normalized spacial score (nSPS) is 16.1. The minimum atomic E-state index is -4.73. The van der Waals surface area contributed by atoms with Gasteiger partial charge in [-0.05, 0) is 49.2 Å². The number of para-hydroxylation sites is 1. The summed E-state index contributed by atoms with van der Waals surface area (Å²) in [6, 6.07) is 15.9. The maximum atomic E-state index is 14.5. The Labute approximate surface area is 237 Å². The standard InChI is InChI=1S/C28H22F4N6O3S/c29-20-13-21(24(31)25(32)23(20)30)42(39,40)37-12-4-5-17(14-37)38-28-22(27(33)34-15-35-28)26(36-38)16-8-10-19(11-9-16)41-18-6-2-1-3-7-18/h1-3,6-11,13,15,17H,4-5,12,14H2,(H2,33,34,35)/t17-/m1/s1. The summed E-state index contributed by atoms with van der Waals surface area (Å²) in [6.45, 7) is -0.267. The zero-order valence-corrected chi connectivity index (χ0v) is 22.5. The fourth-order valence-corrected chi connectivity index (χ4v) is 6.56. The fraction of sp³-hybridized carbons (Fsp3) is 0.179. The lowest BCUT2D eigenvalue weighted by Crippen LogP contribution is -2.41. The Kier molecular flexibility index (Phi) is 7.02. The molecular formula is C28H22F4N6O3S. The predicted octanol–water partition coefficient (Wildman–Crippen LogP) is 5.45. The van der Waals surface area contributed by atoms with Crippen LogP contribution in [0.4, 0.5) is 23.4 Å². The Morgan fingerprint density at radius 3 is 2.36 bits per heavy atom. The highest BCUT2D eigenvalue weighted by Crippen LogP contribution is 2.36. The van der Waals surface area contributed by atoms with Crippen molar-refractivity contribution < 1.29 is 30.7 Å². The first kappa shape index (κ1) is 27.6. The third-order valence-corrected chi connectivity index (χ3v) is 8.88. The van der Waals surface area contributed by atoms with Gasteiger partial charge < -0.3 is 10.5 Å². The molecule has 216 valence electrons. The Balaban J connectivity index is 1.34. The van der Waals surface area contributed by atoms with Crippen molar-refractivity contribution in [1.29, 1.82) is 0 Å². The summed E-state index contributed by atoms with van der Waals surface area (Å²) < 4.78 is 90.5. The highest BCUT2D eigenvalue weighted by molar-refractivity contribution is 7.89. The van der Waals surface area contributed by atoms with Gasteiger partial charge in [-0.25, -0.2) is 40.6 Å². The fourth-order valence-electron chi connectivity index (χ4n) is 4.97. The topological polar surface area (TPSA) is 116 Å². The van der Waals surface area contributed by atoms with Crippen molar-refractivity contribution >= 4 is 26.9 Å². The molecule has 6 rings (SSSR count). The zero-order chi connectivity index (χ0) is 29.6. The predicted molar refractivity (Wildman–Crippen MR) is 145 cm³/mol. The highest BCUT2D eigenvalue weighted by atomic mass is 32.2. The van der Waals surface area contributed by atoms with E-state index in [1.807, 2.05) is 30.3 Å². The molecule has 1 atom stereocenters. The van der Waals surface area contributed by atoms with E-state index in [0.29, 0.717) is 46.6 Å². The second-order valence-electron chi connectivity index (χ2n) is 9.65. The number of rotatable bonds is 6. The van der Waals surface area contributed by atoms with Crippen molar-refractivity contribution in [2.24, 2.45) is 0 Å². The number of anilines is 1. The minimum Gasteiger partial charge on any atom is -0.457 e. The monoisotopic (exact) mass is 598 g/mol. The van der Waals surface area contributed by atoms with E-state index in [2.05, 4.69) is 9.97 Å². The number of hydrogen-bond acceptors (Lipinski definition) is 7. The molecule has 1 fully saturated rings. The lowest BCUT2D eigenvalue weighted by atomic mass is 10.1. The summed E-state index contributed by atoms with van der Waals surface area (Å²) in [5.41, 5.74) is 7.68. The number of benzene rings is 3. The lowest BCUT2D eigenvalue weighted by molar-refractivity contribution is 0.256. The first-order chi connectivity index (χ1) is 20.1. The minimum absolute atomic E-state index is 0.0506. The molecule has 0 spiro atoms. The van der Waals surface area contributed by atoms with E-state index in [4.69, 9.17) is 15.6 Å². The molecule has 1 aliphatic rings. The molecule has 42 heavy (non-hydrogen) atoms. The summed E-state index contributed by atoms with van der Waals surface area (Å²) in [5.74, 6) is -6.66. The zero-order valence-electron chi connectivity index (χ0n) is 21.7. The highest BCUT2D eigenvalue weighted by Gasteiger charge is 2.36. The Morgan fingerprint density at radius 1 is 0.905 bits per heavy atom. The Bertz CT molecular complexity index is 1900. The van der Waals surface area contributed by atoms with E-state index in [0.717, 1.165) is 4.31 Å². The van der Waals surface area contributed by atoms with Crippen LogP contribution in [0, 0.1) is 23.3 Å². The van der Waals surface area contributed by atoms with Gasteiger partial charge in [-0.3, -0.25) is 0 Å². The van der Waals surface area contributed by atoms with Crippen molar-refractivity contribution in [2.75, 3.05) is 18.8 Å². The summed E-state index contributed by atoms with van der Waals surface area (Å²) in [6.07, 6.45) is 2.04. The van der Waals surface area contributed by atoms with E-state index in [1.54, 1.807) is 24.3 Å². The molecule has 5 aromatic rings. The maximum Gasteiger partial charge on any atom is 0.246 e. The number of nitrogens with two attached hydrogens (primary N) is 1. The van der Waals surface area contributed by atoms with Crippen LogP contribution in [0.25, 0.3) is 22.3 Å². The Hall–Kier alpha value is -4.56. The van der Waals surface area contributed by atoms with E-state index in [1.165, 1.54) is 11.0 Å². The molecule has 0 amide bonds. The number of piperidine rings is 1. The number of fused-ring (bicyclic) bond motifs is 1. The second-order valence-corrected chi connectivity index (χ2v) is 11.6. The van der Waals surface area contributed by atoms with Gasteiger partial charge in [-0.15, -0.1) is 0 Å². The van der Waals surface area contributed by atoms with Crippen LogP contribution in [0.2, 0.25) is 0 Å².